The minimum atomic E-state index is -0.519. The Morgan fingerprint density at radius 1 is 1.33 bits per heavy atom. The third kappa shape index (κ3) is 4.41. The zero-order valence-corrected chi connectivity index (χ0v) is 10.4. The van der Waals surface area contributed by atoms with Crippen LogP contribution in [0.4, 0.5) is 0 Å². The van der Waals surface area contributed by atoms with Gasteiger partial charge in [-0.15, -0.1) is 0 Å². The van der Waals surface area contributed by atoms with Crippen LogP contribution in [-0.2, 0) is 9.53 Å². The molecule has 0 aliphatic carbocycles. The number of primary amides is 1. The van der Waals surface area contributed by atoms with Crippen molar-refractivity contribution in [1.29, 1.82) is 0 Å². The topological polar surface area (TPSA) is 69.4 Å². The van der Waals surface area contributed by atoms with Crippen LogP contribution in [0.3, 0.4) is 0 Å². The Kier molecular flexibility index (Phi) is 5.64. The van der Waals surface area contributed by atoms with Crippen LogP contribution in [0, 0.1) is 0 Å². The smallest absolute Gasteiger partial charge is 0.330 e. The van der Waals surface area contributed by atoms with Crippen molar-refractivity contribution in [2.45, 2.75) is 19.8 Å². The lowest BCUT2D eigenvalue weighted by Gasteiger charge is -2.01. The highest BCUT2D eigenvalue weighted by Crippen LogP contribution is 2.10. The summed E-state index contributed by atoms with van der Waals surface area (Å²) in [4.78, 5) is 22.5. The second kappa shape index (κ2) is 7.27. The second-order valence-corrected chi connectivity index (χ2v) is 3.81. The fraction of sp³-hybridized carbons (Fsp3) is 0.286. The molecule has 0 fully saturated rings. The number of nitrogens with two attached hydrogens (primary N) is 1. The first-order valence-corrected chi connectivity index (χ1v) is 5.88. The van der Waals surface area contributed by atoms with Crippen molar-refractivity contribution >= 4 is 18.0 Å². The molecule has 4 nitrogen and oxygen atoms in total. The van der Waals surface area contributed by atoms with E-state index < -0.39 is 11.9 Å². The van der Waals surface area contributed by atoms with Gasteiger partial charge in [-0.3, -0.25) is 4.79 Å². The molecule has 1 rings (SSSR count). The number of benzene rings is 1. The van der Waals surface area contributed by atoms with Gasteiger partial charge in [0.2, 0.25) is 5.91 Å². The maximum Gasteiger partial charge on any atom is 0.330 e. The van der Waals surface area contributed by atoms with Gasteiger partial charge in [-0.1, -0.05) is 31.5 Å². The van der Waals surface area contributed by atoms with Crippen LogP contribution in [0.5, 0.6) is 0 Å². The number of hydrogen-bond acceptors (Lipinski definition) is 3. The molecule has 0 atom stereocenters. The van der Waals surface area contributed by atoms with Crippen LogP contribution in [-0.4, -0.2) is 18.5 Å². The molecule has 0 aromatic heterocycles. The van der Waals surface area contributed by atoms with Gasteiger partial charge >= 0.3 is 5.97 Å². The molecular formula is C14H17NO3. The zero-order chi connectivity index (χ0) is 13.4. The average molecular weight is 247 g/mol. The van der Waals surface area contributed by atoms with Gasteiger partial charge in [0, 0.05) is 11.6 Å². The maximum atomic E-state index is 11.3. The van der Waals surface area contributed by atoms with E-state index >= 15 is 0 Å². The summed E-state index contributed by atoms with van der Waals surface area (Å²) in [7, 11) is 0. The molecule has 1 aromatic rings. The number of esters is 1. The standard InChI is InChI=1S/C14H17NO3/c1-2-3-10-18-13(16)9-8-11-6-4-5-7-12(11)14(15)17/h4-9H,2-3,10H2,1H3,(H2,15,17)/b9-8+. The largest absolute Gasteiger partial charge is 0.463 e. The molecule has 0 saturated heterocycles. The number of rotatable bonds is 6. The predicted molar refractivity (Wildman–Crippen MR) is 69.9 cm³/mol. The van der Waals surface area contributed by atoms with E-state index in [2.05, 4.69) is 0 Å². The van der Waals surface area contributed by atoms with Crippen molar-refractivity contribution < 1.29 is 14.3 Å². The van der Waals surface area contributed by atoms with E-state index in [1.807, 2.05) is 6.92 Å². The van der Waals surface area contributed by atoms with E-state index in [0.29, 0.717) is 17.7 Å². The van der Waals surface area contributed by atoms with Crippen molar-refractivity contribution in [3.63, 3.8) is 0 Å². The summed E-state index contributed by atoms with van der Waals surface area (Å²) in [6.07, 6.45) is 4.66. The molecule has 1 aromatic carbocycles. The normalized spacial score (nSPS) is 10.5. The second-order valence-electron chi connectivity index (χ2n) is 3.81. The number of amides is 1. The number of carbonyl (C=O) groups excluding carboxylic acids is 2. The fourth-order valence-corrected chi connectivity index (χ4v) is 1.39. The molecule has 0 bridgehead atoms. The summed E-state index contributed by atoms with van der Waals surface area (Å²) in [5.74, 6) is -0.933. The summed E-state index contributed by atoms with van der Waals surface area (Å²) in [6, 6.07) is 6.83. The molecule has 0 heterocycles. The van der Waals surface area contributed by atoms with Gasteiger partial charge in [0.15, 0.2) is 0 Å². The minimum absolute atomic E-state index is 0.384. The highest BCUT2D eigenvalue weighted by atomic mass is 16.5. The van der Waals surface area contributed by atoms with Crippen molar-refractivity contribution in [3.05, 3.63) is 41.5 Å². The Morgan fingerprint density at radius 3 is 2.72 bits per heavy atom. The number of unbranched alkanes of at least 4 members (excludes halogenated alkanes) is 1. The molecule has 96 valence electrons. The molecule has 2 N–H and O–H groups in total. The van der Waals surface area contributed by atoms with Gasteiger partial charge in [0.1, 0.15) is 0 Å². The average Bonchev–Trinajstić information content (AvgIpc) is 2.37. The quantitative estimate of drug-likeness (QED) is 0.475. The molecule has 0 saturated carbocycles. The van der Waals surface area contributed by atoms with Crippen LogP contribution in [0.15, 0.2) is 30.3 Å². The third-order valence-electron chi connectivity index (χ3n) is 2.37. The fourth-order valence-electron chi connectivity index (χ4n) is 1.39. The molecule has 0 aliphatic heterocycles. The Bertz CT molecular complexity index is 452. The minimum Gasteiger partial charge on any atom is -0.463 e. The monoisotopic (exact) mass is 247 g/mol. The van der Waals surface area contributed by atoms with Gasteiger partial charge in [-0.25, -0.2) is 4.79 Å². The molecule has 0 unspecified atom stereocenters. The summed E-state index contributed by atoms with van der Waals surface area (Å²) < 4.78 is 4.96. The first-order valence-electron chi connectivity index (χ1n) is 5.88. The summed E-state index contributed by atoms with van der Waals surface area (Å²) in [5, 5.41) is 0. The van der Waals surface area contributed by atoms with Crippen molar-refractivity contribution in [2.24, 2.45) is 5.73 Å². The van der Waals surface area contributed by atoms with Gasteiger partial charge in [0.05, 0.1) is 6.61 Å². The van der Waals surface area contributed by atoms with Crippen molar-refractivity contribution in [3.8, 4) is 0 Å². The van der Waals surface area contributed by atoms with Gasteiger partial charge in [0.25, 0.3) is 0 Å². The van der Waals surface area contributed by atoms with E-state index in [1.54, 1.807) is 24.3 Å². The van der Waals surface area contributed by atoms with E-state index in [-0.39, 0.29) is 0 Å². The van der Waals surface area contributed by atoms with Crippen molar-refractivity contribution in [2.75, 3.05) is 6.61 Å². The third-order valence-corrected chi connectivity index (χ3v) is 2.37. The lowest BCUT2D eigenvalue weighted by molar-refractivity contribution is -0.137. The van der Waals surface area contributed by atoms with Crippen LogP contribution < -0.4 is 5.73 Å². The predicted octanol–water partition coefficient (Wildman–Crippen LogP) is 2.14. The van der Waals surface area contributed by atoms with E-state index in [1.165, 1.54) is 12.2 Å². The molecule has 4 heteroatoms. The maximum absolute atomic E-state index is 11.3. The number of ether oxygens (including phenoxy) is 1. The molecule has 0 spiro atoms. The lowest BCUT2D eigenvalue weighted by atomic mass is 10.1. The highest BCUT2D eigenvalue weighted by Gasteiger charge is 2.04. The zero-order valence-electron chi connectivity index (χ0n) is 10.4. The molecule has 0 radical (unpaired) electrons. The van der Waals surface area contributed by atoms with Gasteiger partial charge in [-0.2, -0.15) is 0 Å². The summed E-state index contributed by atoms with van der Waals surface area (Å²) in [6.45, 7) is 2.43. The van der Waals surface area contributed by atoms with Crippen LogP contribution >= 0.6 is 0 Å². The highest BCUT2D eigenvalue weighted by molar-refractivity contribution is 5.98. The first kappa shape index (κ1) is 14.0. The SMILES string of the molecule is CCCCOC(=O)/C=C/c1ccccc1C(N)=O. The van der Waals surface area contributed by atoms with E-state index in [0.717, 1.165) is 12.8 Å². The van der Waals surface area contributed by atoms with Crippen LogP contribution in [0.1, 0.15) is 35.7 Å². The Hall–Kier alpha value is -2.10. The first-order chi connectivity index (χ1) is 8.65. The van der Waals surface area contributed by atoms with Crippen LogP contribution in [0.25, 0.3) is 6.08 Å². The molecule has 0 aliphatic rings. The molecular weight excluding hydrogens is 230 g/mol. The van der Waals surface area contributed by atoms with Crippen LogP contribution in [0.2, 0.25) is 0 Å². The molecule has 1 amide bonds. The Morgan fingerprint density at radius 2 is 2.06 bits per heavy atom. The van der Waals surface area contributed by atoms with E-state index in [4.69, 9.17) is 10.5 Å². The molecule has 18 heavy (non-hydrogen) atoms. The number of hydrogen-bond donors (Lipinski definition) is 1. The summed E-state index contributed by atoms with van der Waals surface area (Å²) in [5.41, 5.74) is 6.22. The summed E-state index contributed by atoms with van der Waals surface area (Å²) >= 11 is 0. The lowest BCUT2D eigenvalue weighted by Crippen LogP contribution is -2.12. The van der Waals surface area contributed by atoms with E-state index in [9.17, 15) is 9.59 Å². The Labute approximate surface area is 106 Å². The van der Waals surface area contributed by atoms with Gasteiger partial charge < -0.3 is 10.5 Å². The number of carbonyl (C=O) groups is 2. The van der Waals surface area contributed by atoms with Crippen molar-refractivity contribution in [1.82, 2.24) is 0 Å². The van der Waals surface area contributed by atoms with Gasteiger partial charge in [-0.05, 0) is 24.1 Å². The Balaban J connectivity index is 2.66.